The van der Waals surface area contributed by atoms with E-state index in [1.54, 1.807) is 6.08 Å². The average Bonchev–Trinajstić information content (AvgIpc) is 3.24. The molecule has 1 aromatic heterocycles. The summed E-state index contributed by atoms with van der Waals surface area (Å²) in [7, 11) is 0. The van der Waals surface area contributed by atoms with E-state index in [4.69, 9.17) is 4.74 Å². The van der Waals surface area contributed by atoms with Crippen LogP contribution in [-0.4, -0.2) is 57.2 Å². The highest BCUT2D eigenvalue weighted by molar-refractivity contribution is 5.95. The van der Waals surface area contributed by atoms with Crippen LogP contribution in [0.15, 0.2) is 30.9 Å². The first-order chi connectivity index (χ1) is 11.2. The van der Waals surface area contributed by atoms with E-state index in [2.05, 4.69) is 27.2 Å². The highest BCUT2D eigenvalue weighted by atomic mass is 16.5. The second kappa shape index (κ2) is 6.70. The number of carbonyl (C=O) groups excluding carboxylic acids is 1. The van der Waals surface area contributed by atoms with Gasteiger partial charge in [0.2, 0.25) is 5.82 Å². The molecule has 1 aromatic carbocycles. The molecule has 120 valence electrons. The second-order valence-electron chi connectivity index (χ2n) is 5.55. The van der Waals surface area contributed by atoms with Gasteiger partial charge in [-0.3, -0.25) is 4.79 Å². The molecule has 0 bridgehead atoms. The monoisotopic (exact) mass is 313 g/mol. The number of H-pyrrole nitrogens is 1. The fraction of sp³-hybridized carbons (Fsp3) is 0.375. The minimum atomic E-state index is -0.000511. The van der Waals surface area contributed by atoms with Crippen LogP contribution in [0.5, 0.6) is 0 Å². The third-order valence-electron chi connectivity index (χ3n) is 3.95. The molecule has 1 aliphatic heterocycles. The van der Waals surface area contributed by atoms with Crippen molar-refractivity contribution in [3.63, 3.8) is 0 Å². The number of aromatic amines is 1. The van der Waals surface area contributed by atoms with Crippen LogP contribution in [0.4, 0.5) is 0 Å². The lowest BCUT2D eigenvalue weighted by Gasteiger charge is -2.17. The molecular formula is C16H19N5O2. The maximum Gasteiger partial charge on any atom is 0.253 e. The van der Waals surface area contributed by atoms with E-state index in [9.17, 15) is 4.79 Å². The molecule has 1 N–H and O–H groups in total. The SMILES string of the molecule is C=CCO[C@H]1CCN(C(=O)c2ccc(C)c(-c3nn[nH]n3)c2)C1. The minimum absolute atomic E-state index is 0.000511. The van der Waals surface area contributed by atoms with Crippen molar-refractivity contribution in [2.75, 3.05) is 19.7 Å². The first-order valence-corrected chi connectivity index (χ1v) is 7.55. The van der Waals surface area contributed by atoms with Crippen LogP contribution in [0.1, 0.15) is 22.3 Å². The second-order valence-corrected chi connectivity index (χ2v) is 5.55. The van der Waals surface area contributed by atoms with Gasteiger partial charge in [0, 0.05) is 24.2 Å². The molecule has 7 nitrogen and oxygen atoms in total. The largest absolute Gasteiger partial charge is 0.372 e. The Hall–Kier alpha value is -2.54. The van der Waals surface area contributed by atoms with Gasteiger partial charge in [-0.05, 0) is 36.3 Å². The van der Waals surface area contributed by atoms with Crippen molar-refractivity contribution >= 4 is 5.91 Å². The number of aromatic nitrogens is 4. The number of tetrazole rings is 1. The number of hydrogen-bond acceptors (Lipinski definition) is 5. The molecule has 1 amide bonds. The van der Waals surface area contributed by atoms with Crippen LogP contribution in [0.2, 0.25) is 0 Å². The van der Waals surface area contributed by atoms with E-state index in [1.807, 2.05) is 30.0 Å². The molecule has 2 aromatic rings. The lowest BCUT2D eigenvalue weighted by atomic mass is 10.0. The molecule has 0 unspecified atom stereocenters. The van der Waals surface area contributed by atoms with E-state index < -0.39 is 0 Å². The quantitative estimate of drug-likeness (QED) is 0.848. The van der Waals surface area contributed by atoms with Gasteiger partial charge < -0.3 is 9.64 Å². The fourth-order valence-electron chi connectivity index (χ4n) is 2.71. The number of nitrogens with one attached hydrogen (secondary N) is 1. The molecule has 0 radical (unpaired) electrons. The zero-order valence-electron chi connectivity index (χ0n) is 13.0. The van der Waals surface area contributed by atoms with E-state index in [1.165, 1.54) is 0 Å². The highest BCUT2D eigenvalue weighted by Crippen LogP contribution is 2.23. The molecule has 7 heteroatoms. The Morgan fingerprint density at radius 3 is 3.17 bits per heavy atom. The number of likely N-dealkylation sites (tertiary alicyclic amines) is 1. The van der Waals surface area contributed by atoms with Crippen molar-refractivity contribution < 1.29 is 9.53 Å². The Morgan fingerprint density at radius 2 is 2.43 bits per heavy atom. The van der Waals surface area contributed by atoms with Gasteiger partial charge in [-0.1, -0.05) is 12.1 Å². The Labute approximate surface area is 134 Å². The number of rotatable bonds is 5. The number of amides is 1. The van der Waals surface area contributed by atoms with Crippen molar-refractivity contribution in [3.8, 4) is 11.4 Å². The van der Waals surface area contributed by atoms with Crippen molar-refractivity contribution in [2.45, 2.75) is 19.4 Å². The van der Waals surface area contributed by atoms with Crippen LogP contribution >= 0.6 is 0 Å². The topological polar surface area (TPSA) is 84.0 Å². The van der Waals surface area contributed by atoms with Gasteiger partial charge in [0.25, 0.3) is 5.91 Å². The van der Waals surface area contributed by atoms with E-state index in [-0.39, 0.29) is 12.0 Å². The van der Waals surface area contributed by atoms with Gasteiger partial charge in [-0.15, -0.1) is 16.8 Å². The van der Waals surface area contributed by atoms with E-state index in [0.717, 1.165) is 17.5 Å². The van der Waals surface area contributed by atoms with Crippen LogP contribution in [0.3, 0.4) is 0 Å². The molecule has 0 saturated carbocycles. The van der Waals surface area contributed by atoms with Crippen LogP contribution < -0.4 is 0 Å². The van der Waals surface area contributed by atoms with Gasteiger partial charge in [0.05, 0.1) is 12.7 Å². The minimum Gasteiger partial charge on any atom is -0.372 e. The Balaban J connectivity index is 1.76. The zero-order valence-corrected chi connectivity index (χ0v) is 13.0. The standard InChI is InChI=1S/C16H19N5O2/c1-3-8-23-13-6-7-21(10-13)16(22)12-5-4-11(2)14(9-12)15-17-19-20-18-15/h3-5,9,13H,1,6-8,10H2,2H3,(H,17,18,19,20)/t13-/m0/s1. The Bertz CT molecular complexity index is 699. The molecule has 1 atom stereocenters. The summed E-state index contributed by atoms with van der Waals surface area (Å²) >= 11 is 0. The van der Waals surface area contributed by atoms with Crippen molar-refractivity contribution in [1.29, 1.82) is 0 Å². The molecule has 1 fully saturated rings. The molecular weight excluding hydrogens is 294 g/mol. The van der Waals surface area contributed by atoms with Gasteiger partial charge >= 0.3 is 0 Å². The fourth-order valence-corrected chi connectivity index (χ4v) is 2.71. The van der Waals surface area contributed by atoms with Gasteiger partial charge in [0.15, 0.2) is 0 Å². The van der Waals surface area contributed by atoms with E-state index >= 15 is 0 Å². The van der Waals surface area contributed by atoms with Crippen LogP contribution in [0, 0.1) is 6.92 Å². The van der Waals surface area contributed by atoms with Crippen molar-refractivity contribution in [2.24, 2.45) is 0 Å². The molecule has 0 spiro atoms. The highest BCUT2D eigenvalue weighted by Gasteiger charge is 2.27. The van der Waals surface area contributed by atoms with Crippen LogP contribution in [0.25, 0.3) is 11.4 Å². The molecule has 1 saturated heterocycles. The zero-order chi connectivity index (χ0) is 16.2. The lowest BCUT2D eigenvalue weighted by Crippen LogP contribution is -2.30. The Morgan fingerprint density at radius 1 is 1.57 bits per heavy atom. The molecule has 3 rings (SSSR count). The smallest absolute Gasteiger partial charge is 0.253 e. The predicted molar refractivity (Wildman–Crippen MR) is 84.8 cm³/mol. The number of aryl methyl sites for hydroxylation is 1. The van der Waals surface area contributed by atoms with E-state index in [0.29, 0.717) is 31.1 Å². The summed E-state index contributed by atoms with van der Waals surface area (Å²) in [5.41, 5.74) is 2.43. The summed E-state index contributed by atoms with van der Waals surface area (Å²) in [5, 5.41) is 14.0. The molecule has 0 aliphatic carbocycles. The van der Waals surface area contributed by atoms with Gasteiger partial charge in [-0.25, -0.2) is 0 Å². The Kier molecular flexibility index (Phi) is 4.47. The summed E-state index contributed by atoms with van der Waals surface area (Å²) in [4.78, 5) is 14.5. The third kappa shape index (κ3) is 3.29. The summed E-state index contributed by atoms with van der Waals surface area (Å²) < 4.78 is 5.63. The number of ether oxygens (including phenoxy) is 1. The summed E-state index contributed by atoms with van der Waals surface area (Å²) in [6.07, 6.45) is 2.66. The molecule has 23 heavy (non-hydrogen) atoms. The summed E-state index contributed by atoms with van der Waals surface area (Å²) in [6.45, 7) is 7.42. The molecule has 2 heterocycles. The number of nitrogens with zero attached hydrogens (tertiary/aromatic N) is 4. The average molecular weight is 313 g/mol. The van der Waals surface area contributed by atoms with Crippen LogP contribution in [-0.2, 0) is 4.74 Å². The summed E-state index contributed by atoms with van der Waals surface area (Å²) in [5.74, 6) is 0.491. The number of hydrogen-bond donors (Lipinski definition) is 1. The van der Waals surface area contributed by atoms with Gasteiger partial charge in [-0.2, -0.15) is 5.21 Å². The molecule has 1 aliphatic rings. The maximum absolute atomic E-state index is 12.7. The normalized spacial score (nSPS) is 17.4. The first-order valence-electron chi connectivity index (χ1n) is 7.55. The summed E-state index contributed by atoms with van der Waals surface area (Å²) in [6, 6.07) is 5.56. The first kappa shape index (κ1) is 15.4. The van der Waals surface area contributed by atoms with Crippen molar-refractivity contribution in [3.05, 3.63) is 42.0 Å². The maximum atomic E-state index is 12.7. The third-order valence-corrected chi connectivity index (χ3v) is 3.95. The van der Waals surface area contributed by atoms with Crippen molar-refractivity contribution in [1.82, 2.24) is 25.5 Å². The number of carbonyl (C=O) groups is 1. The number of benzene rings is 1. The lowest BCUT2D eigenvalue weighted by molar-refractivity contribution is 0.0654. The predicted octanol–water partition coefficient (Wildman–Crippen LogP) is 1.59. The van der Waals surface area contributed by atoms with Gasteiger partial charge in [0.1, 0.15) is 0 Å².